The Hall–Kier alpha value is -4.70. The van der Waals surface area contributed by atoms with Gasteiger partial charge in [-0.25, -0.2) is 23.9 Å². The van der Waals surface area contributed by atoms with Crippen LogP contribution >= 0.6 is 0 Å². The molecular formula is C30H28FN7O2. The molecule has 4 heterocycles. The first kappa shape index (κ1) is 25.6. The van der Waals surface area contributed by atoms with Crippen molar-refractivity contribution in [2.75, 3.05) is 18.9 Å². The lowest BCUT2D eigenvalue weighted by Crippen LogP contribution is -2.23. The number of likely N-dealkylation sites (tertiary alicyclic amines) is 1. The summed E-state index contributed by atoms with van der Waals surface area (Å²) in [6.45, 7) is 2.88. The van der Waals surface area contributed by atoms with Gasteiger partial charge in [0.2, 0.25) is 0 Å². The van der Waals surface area contributed by atoms with Crippen molar-refractivity contribution >= 4 is 33.8 Å². The number of Topliss-reactive ketones (excluding diaryl/α,β-unsaturated/α-hetero) is 1. The number of likely N-dealkylation sites (N-methyl/N-ethyl adjacent to an activating group) is 1. The molecule has 0 amide bonds. The number of allylic oxidation sites excluding steroid dienone is 1. The van der Waals surface area contributed by atoms with Crippen molar-refractivity contribution in [3.05, 3.63) is 90.4 Å². The van der Waals surface area contributed by atoms with Gasteiger partial charge < -0.3 is 10.1 Å². The molecular weight excluding hydrogens is 509 g/mol. The number of rotatable bonds is 8. The van der Waals surface area contributed by atoms with Gasteiger partial charge in [0.25, 0.3) is 0 Å². The fraction of sp³-hybridized carbons (Fsp3) is 0.233. The molecule has 1 saturated heterocycles. The highest BCUT2D eigenvalue weighted by atomic mass is 19.1. The Morgan fingerprint density at radius 3 is 2.85 bits per heavy atom. The van der Waals surface area contributed by atoms with E-state index in [0.29, 0.717) is 28.5 Å². The Labute approximate surface area is 230 Å². The molecule has 0 aliphatic carbocycles. The molecule has 1 aliphatic rings. The lowest BCUT2D eigenvalue weighted by molar-refractivity contribution is -0.116. The monoisotopic (exact) mass is 537 g/mol. The number of ether oxygens (including phenoxy) is 1. The number of fused-ring (bicyclic) bond motifs is 2. The summed E-state index contributed by atoms with van der Waals surface area (Å²) in [5, 5.41) is 8.19. The number of carbonyl (C=O) groups excluding carboxylic acids is 1. The fourth-order valence-corrected chi connectivity index (χ4v) is 4.96. The molecule has 10 heteroatoms. The fourth-order valence-electron chi connectivity index (χ4n) is 4.96. The van der Waals surface area contributed by atoms with E-state index in [1.54, 1.807) is 16.8 Å². The summed E-state index contributed by atoms with van der Waals surface area (Å²) in [6.07, 6.45) is 8.07. The molecule has 1 aliphatic heterocycles. The van der Waals surface area contributed by atoms with Crippen LogP contribution in [0.1, 0.15) is 24.0 Å². The molecule has 9 nitrogen and oxygen atoms in total. The van der Waals surface area contributed by atoms with Crippen LogP contribution in [-0.4, -0.2) is 54.9 Å². The van der Waals surface area contributed by atoms with Crippen molar-refractivity contribution < 1.29 is 13.9 Å². The zero-order chi connectivity index (χ0) is 27.6. The maximum atomic E-state index is 14.7. The summed E-state index contributed by atoms with van der Waals surface area (Å²) in [5.41, 5.74) is 3.85. The third-order valence-electron chi connectivity index (χ3n) is 7.16. The first-order valence-corrected chi connectivity index (χ1v) is 13.1. The maximum absolute atomic E-state index is 14.7. The van der Waals surface area contributed by atoms with Crippen LogP contribution in [0, 0.1) is 6.92 Å². The normalized spacial score (nSPS) is 16.1. The second kappa shape index (κ2) is 10.8. The highest BCUT2D eigenvalue weighted by molar-refractivity contribution is 5.96. The van der Waals surface area contributed by atoms with Crippen LogP contribution in [0.4, 0.5) is 15.9 Å². The SMILES string of the molecule is Cc1cc(Nc2ncnc3ccc(CC(=O)/C(F)=C\[C@H]4CCCN4C)cc23)ccc1Oc1ccn2ncnc2c1. The number of pyridine rings is 1. The second-order valence-electron chi connectivity index (χ2n) is 10.0. The Morgan fingerprint density at radius 2 is 2.02 bits per heavy atom. The molecule has 0 unspecified atom stereocenters. The van der Waals surface area contributed by atoms with Gasteiger partial charge in [-0.3, -0.25) is 9.69 Å². The van der Waals surface area contributed by atoms with E-state index >= 15 is 0 Å². The van der Waals surface area contributed by atoms with Crippen molar-refractivity contribution in [3.8, 4) is 11.5 Å². The van der Waals surface area contributed by atoms with Gasteiger partial charge in [-0.1, -0.05) is 6.07 Å². The van der Waals surface area contributed by atoms with E-state index in [9.17, 15) is 9.18 Å². The molecule has 1 fully saturated rings. The Morgan fingerprint density at radius 1 is 1.12 bits per heavy atom. The van der Waals surface area contributed by atoms with Crippen molar-refractivity contribution in [2.24, 2.45) is 0 Å². The van der Waals surface area contributed by atoms with Gasteiger partial charge in [-0.05, 0) is 87.0 Å². The first-order valence-electron chi connectivity index (χ1n) is 13.1. The third kappa shape index (κ3) is 5.39. The summed E-state index contributed by atoms with van der Waals surface area (Å²) in [6, 6.07) is 14.9. The van der Waals surface area contributed by atoms with E-state index in [4.69, 9.17) is 4.74 Å². The highest BCUT2D eigenvalue weighted by Gasteiger charge is 2.21. The number of aryl methyl sites for hydroxylation is 1. The number of hydrogen-bond donors (Lipinski definition) is 1. The van der Waals surface area contributed by atoms with Crippen molar-refractivity contribution in [2.45, 2.75) is 32.2 Å². The lowest BCUT2D eigenvalue weighted by Gasteiger charge is -2.15. The number of carbonyl (C=O) groups is 1. The van der Waals surface area contributed by atoms with Crippen LogP contribution in [0.3, 0.4) is 0 Å². The number of ketones is 1. The number of hydrogen-bond acceptors (Lipinski definition) is 8. The molecule has 1 N–H and O–H groups in total. The molecule has 1 atom stereocenters. The van der Waals surface area contributed by atoms with Crippen LogP contribution in [-0.2, 0) is 11.2 Å². The highest BCUT2D eigenvalue weighted by Crippen LogP contribution is 2.30. The van der Waals surface area contributed by atoms with Crippen LogP contribution in [0.5, 0.6) is 11.5 Å². The molecule has 5 aromatic rings. The molecule has 0 radical (unpaired) electrons. The minimum Gasteiger partial charge on any atom is -0.457 e. The first-order chi connectivity index (χ1) is 19.4. The Kier molecular flexibility index (Phi) is 6.91. The zero-order valence-corrected chi connectivity index (χ0v) is 22.2. The van der Waals surface area contributed by atoms with Crippen LogP contribution in [0.25, 0.3) is 16.6 Å². The molecule has 6 rings (SSSR count). The number of benzene rings is 2. The van der Waals surface area contributed by atoms with Gasteiger partial charge in [0, 0.05) is 35.8 Å². The van der Waals surface area contributed by atoms with Gasteiger partial charge in [0.15, 0.2) is 17.3 Å². The Bertz CT molecular complexity index is 1750. The molecule has 3 aromatic heterocycles. The summed E-state index contributed by atoms with van der Waals surface area (Å²) < 4.78 is 22.4. The standard InChI is InChI=1S/C30H28FN7O2/c1-19-12-21(6-8-28(19)40-23-9-11-38-29(16-23)33-18-35-38)36-30-24-13-20(5-7-26(24)32-17-34-30)14-27(39)25(31)15-22-4-3-10-37(22)2/h5-9,11-13,15-18,22H,3-4,10,14H2,1-2H3,(H,32,34,36)/b25-15+/t22-/m1/s1. The third-order valence-corrected chi connectivity index (χ3v) is 7.16. The average molecular weight is 538 g/mol. The minimum absolute atomic E-state index is 0.0254. The summed E-state index contributed by atoms with van der Waals surface area (Å²) in [5.74, 6) is 0.755. The smallest absolute Gasteiger partial charge is 0.195 e. The van der Waals surface area contributed by atoms with E-state index in [1.165, 1.54) is 18.7 Å². The number of nitrogens with zero attached hydrogens (tertiary/aromatic N) is 6. The molecule has 0 bridgehead atoms. The Balaban J connectivity index is 1.19. The van der Waals surface area contributed by atoms with Gasteiger partial charge >= 0.3 is 0 Å². The average Bonchev–Trinajstić information content (AvgIpc) is 3.58. The predicted octanol–water partition coefficient (Wildman–Crippen LogP) is 5.58. The van der Waals surface area contributed by atoms with Crippen LogP contribution in [0.2, 0.25) is 0 Å². The summed E-state index contributed by atoms with van der Waals surface area (Å²) >= 11 is 0. The van der Waals surface area contributed by atoms with E-state index in [2.05, 4.69) is 30.3 Å². The van der Waals surface area contributed by atoms with Crippen molar-refractivity contribution in [1.29, 1.82) is 0 Å². The summed E-state index contributed by atoms with van der Waals surface area (Å²) in [4.78, 5) is 27.7. The topological polar surface area (TPSA) is 97.5 Å². The van der Waals surface area contributed by atoms with Gasteiger partial charge in [0.05, 0.1) is 5.52 Å². The number of halogens is 1. The second-order valence-corrected chi connectivity index (χ2v) is 10.0. The van der Waals surface area contributed by atoms with Crippen LogP contribution < -0.4 is 10.1 Å². The number of aromatic nitrogens is 5. The van der Waals surface area contributed by atoms with Crippen LogP contribution in [0.15, 0.2) is 79.3 Å². The minimum atomic E-state index is -0.680. The van der Waals surface area contributed by atoms with E-state index in [0.717, 1.165) is 41.5 Å². The molecule has 40 heavy (non-hydrogen) atoms. The van der Waals surface area contributed by atoms with Gasteiger partial charge in [-0.15, -0.1) is 0 Å². The maximum Gasteiger partial charge on any atom is 0.195 e. The predicted molar refractivity (Wildman–Crippen MR) is 151 cm³/mol. The largest absolute Gasteiger partial charge is 0.457 e. The van der Waals surface area contributed by atoms with E-state index in [1.807, 2.05) is 56.4 Å². The van der Waals surface area contributed by atoms with E-state index < -0.39 is 11.6 Å². The number of anilines is 2. The molecule has 2 aromatic carbocycles. The lowest BCUT2D eigenvalue weighted by atomic mass is 10.0. The van der Waals surface area contributed by atoms with Crippen molar-refractivity contribution in [1.82, 2.24) is 29.5 Å². The van der Waals surface area contributed by atoms with Gasteiger partial charge in [0.1, 0.15) is 30.0 Å². The number of nitrogens with one attached hydrogen (secondary N) is 1. The molecule has 202 valence electrons. The van der Waals surface area contributed by atoms with E-state index in [-0.39, 0.29) is 12.5 Å². The molecule has 0 spiro atoms. The summed E-state index contributed by atoms with van der Waals surface area (Å²) in [7, 11) is 1.95. The molecule has 0 saturated carbocycles. The van der Waals surface area contributed by atoms with Crippen molar-refractivity contribution in [3.63, 3.8) is 0 Å². The zero-order valence-electron chi connectivity index (χ0n) is 22.2. The quantitative estimate of drug-likeness (QED) is 0.256. The van der Waals surface area contributed by atoms with Gasteiger partial charge in [-0.2, -0.15) is 5.10 Å².